The van der Waals surface area contributed by atoms with Crippen LogP contribution in [0.1, 0.15) is 15.9 Å². The van der Waals surface area contributed by atoms with E-state index in [4.69, 9.17) is 26.2 Å². The number of carboxylic acid groups (broad SMARTS) is 1. The van der Waals surface area contributed by atoms with Crippen molar-refractivity contribution in [1.29, 1.82) is 0 Å². The lowest BCUT2D eigenvalue weighted by Crippen LogP contribution is -2.03. The normalized spacial score (nSPS) is 10.1. The Kier molecular flexibility index (Phi) is 5.12. The molecule has 0 aromatic heterocycles. The molecule has 0 aliphatic rings. The Balaban J connectivity index is 2.16. The minimum atomic E-state index is -0.960. The second-order valence-corrected chi connectivity index (χ2v) is 4.96. The molecule has 0 saturated carbocycles. The van der Waals surface area contributed by atoms with Gasteiger partial charge in [0.05, 0.1) is 24.8 Å². The zero-order valence-corrected chi connectivity index (χ0v) is 13.0. The van der Waals surface area contributed by atoms with Crippen molar-refractivity contribution in [2.75, 3.05) is 19.5 Å². The second kappa shape index (κ2) is 7.04. The number of hydrogen-bond acceptors (Lipinski definition) is 4. The summed E-state index contributed by atoms with van der Waals surface area (Å²) in [5.74, 6) is 0.0738. The van der Waals surface area contributed by atoms with E-state index in [1.165, 1.54) is 7.11 Å². The highest BCUT2D eigenvalue weighted by atomic mass is 35.5. The van der Waals surface area contributed by atoms with Gasteiger partial charge in [-0.25, -0.2) is 4.79 Å². The van der Waals surface area contributed by atoms with E-state index >= 15 is 0 Å². The molecule has 6 heteroatoms. The largest absolute Gasteiger partial charge is 0.493 e. The van der Waals surface area contributed by atoms with E-state index < -0.39 is 5.97 Å². The Morgan fingerprint density at radius 1 is 1.23 bits per heavy atom. The van der Waals surface area contributed by atoms with Crippen molar-refractivity contribution in [1.82, 2.24) is 0 Å². The lowest BCUT2D eigenvalue weighted by atomic mass is 10.1. The van der Waals surface area contributed by atoms with Crippen molar-refractivity contribution in [3.05, 3.63) is 52.5 Å². The van der Waals surface area contributed by atoms with Crippen LogP contribution in [-0.4, -0.2) is 25.3 Å². The first-order chi connectivity index (χ1) is 10.5. The predicted octanol–water partition coefficient (Wildman–Crippen LogP) is 3.67. The van der Waals surface area contributed by atoms with E-state index in [0.717, 1.165) is 5.56 Å². The van der Waals surface area contributed by atoms with E-state index in [2.05, 4.69) is 5.32 Å². The van der Waals surface area contributed by atoms with Crippen LogP contribution in [-0.2, 0) is 6.54 Å². The summed E-state index contributed by atoms with van der Waals surface area (Å²) >= 11 is 6.15. The Morgan fingerprint density at radius 3 is 2.64 bits per heavy atom. The first-order valence-electron chi connectivity index (χ1n) is 6.52. The molecular formula is C16H16ClNO4. The number of aromatic carboxylic acids is 1. The van der Waals surface area contributed by atoms with Crippen molar-refractivity contribution in [3.63, 3.8) is 0 Å². The molecule has 0 unspecified atom stereocenters. The first kappa shape index (κ1) is 16.0. The Labute approximate surface area is 133 Å². The zero-order valence-electron chi connectivity index (χ0n) is 12.2. The summed E-state index contributed by atoms with van der Waals surface area (Å²) in [6.07, 6.45) is 0. The zero-order chi connectivity index (χ0) is 16.1. The highest BCUT2D eigenvalue weighted by Crippen LogP contribution is 2.36. The van der Waals surface area contributed by atoms with E-state index in [9.17, 15) is 4.79 Å². The second-order valence-electron chi connectivity index (χ2n) is 4.55. The first-order valence-corrected chi connectivity index (χ1v) is 6.90. The number of benzene rings is 2. The molecule has 116 valence electrons. The average Bonchev–Trinajstić information content (AvgIpc) is 2.52. The van der Waals surface area contributed by atoms with Gasteiger partial charge in [-0.2, -0.15) is 0 Å². The maximum absolute atomic E-state index is 11.0. The Hall–Kier alpha value is -2.40. The van der Waals surface area contributed by atoms with E-state index in [1.54, 1.807) is 37.4 Å². The van der Waals surface area contributed by atoms with Crippen LogP contribution in [0, 0.1) is 0 Å². The van der Waals surface area contributed by atoms with Gasteiger partial charge in [-0.05, 0) is 35.9 Å². The molecule has 0 bridgehead atoms. The quantitative estimate of drug-likeness (QED) is 0.849. The maximum atomic E-state index is 11.0. The summed E-state index contributed by atoms with van der Waals surface area (Å²) in [4.78, 5) is 11.0. The fourth-order valence-corrected chi connectivity index (χ4v) is 2.35. The maximum Gasteiger partial charge on any atom is 0.335 e. The summed E-state index contributed by atoms with van der Waals surface area (Å²) in [5.41, 5.74) is 1.84. The fourth-order valence-electron chi connectivity index (χ4n) is 2.04. The highest BCUT2D eigenvalue weighted by molar-refractivity contribution is 6.32. The SMILES string of the molecule is COc1cc(CNc2cccc(C(=O)O)c2)cc(Cl)c1OC. The highest BCUT2D eigenvalue weighted by Gasteiger charge is 2.11. The molecular weight excluding hydrogens is 306 g/mol. The molecule has 2 rings (SSSR count). The molecule has 0 radical (unpaired) electrons. The Bertz CT molecular complexity index is 688. The Morgan fingerprint density at radius 2 is 2.00 bits per heavy atom. The summed E-state index contributed by atoms with van der Waals surface area (Å²) in [6, 6.07) is 10.2. The molecule has 0 heterocycles. The molecule has 0 atom stereocenters. The summed E-state index contributed by atoms with van der Waals surface area (Å²) in [5, 5.41) is 12.6. The lowest BCUT2D eigenvalue weighted by molar-refractivity contribution is 0.0697. The van der Waals surface area contributed by atoms with Gasteiger partial charge >= 0.3 is 5.97 Å². The van der Waals surface area contributed by atoms with Crippen LogP contribution in [0.15, 0.2) is 36.4 Å². The number of carbonyl (C=O) groups is 1. The molecule has 0 spiro atoms. The molecule has 0 saturated heterocycles. The standard InChI is InChI=1S/C16H16ClNO4/c1-21-14-7-10(6-13(17)15(14)22-2)9-18-12-5-3-4-11(8-12)16(19)20/h3-8,18H,9H2,1-2H3,(H,19,20). The van der Waals surface area contributed by atoms with E-state index in [-0.39, 0.29) is 5.56 Å². The van der Waals surface area contributed by atoms with Crippen LogP contribution in [0.5, 0.6) is 11.5 Å². The van der Waals surface area contributed by atoms with Crippen molar-refractivity contribution in [2.24, 2.45) is 0 Å². The van der Waals surface area contributed by atoms with E-state index in [0.29, 0.717) is 28.8 Å². The summed E-state index contributed by atoms with van der Waals surface area (Å²) in [6.45, 7) is 0.475. The van der Waals surface area contributed by atoms with Gasteiger partial charge in [0.2, 0.25) is 0 Å². The molecule has 5 nitrogen and oxygen atoms in total. The third-order valence-electron chi connectivity index (χ3n) is 3.10. The number of methoxy groups -OCH3 is 2. The minimum absolute atomic E-state index is 0.232. The van der Waals surface area contributed by atoms with Gasteiger partial charge in [-0.15, -0.1) is 0 Å². The lowest BCUT2D eigenvalue weighted by Gasteiger charge is -2.13. The fraction of sp³-hybridized carbons (Fsp3) is 0.188. The van der Waals surface area contributed by atoms with Gasteiger partial charge in [0.15, 0.2) is 11.5 Å². The van der Waals surface area contributed by atoms with Crippen LogP contribution in [0.25, 0.3) is 0 Å². The van der Waals surface area contributed by atoms with Crippen LogP contribution in [0.3, 0.4) is 0 Å². The topological polar surface area (TPSA) is 67.8 Å². The molecule has 2 N–H and O–H groups in total. The molecule has 2 aromatic rings. The molecule has 0 amide bonds. The van der Waals surface area contributed by atoms with E-state index in [1.807, 2.05) is 6.07 Å². The van der Waals surface area contributed by atoms with Crippen molar-refractivity contribution in [2.45, 2.75) is 6.54 Å². The predicted molar refractivity (Wildman–Crippen MR) is 85.3 cm³/mol. The summed E-state index contributed by atoms with van der Waals surface area (Å²) < 4.78 is 10.4. The van der Waals surface area contributed by atoms with Crippen molar-refractivity contribution >= 4 is 23.3 Å². The molecule has 0 aliphatic heterocycles. The van der Waals surface area contributed by atoms with Gasteiger partial charge in [0.25, 0.3) is 0 Å². The molecule has 2 aromatic carbocycles. The minimum Gasteiger partial charge on any atom is -0.493 e. The number of anilines is 1. The molecule has 0 aliphatic carbocycles. The number of hydrogen-bond donors (Lipinski definition) is 2. The van der Waals surface area contributed by atoms with Crippen LogP contribution < -0.4 is 14.8 Å². The number of halogens is 1. The number of nitrogens with one attached hydrogen (secondary N) is 1. The van der Waals surface area contributed by atoms with Gasteiger partial charge in [0.1, 0.15) is 0 Å². The monoisotopic (exact) mass is 321 g/mol. The smallest absolute Gasteiger partial charge is 0.335 e. The number of carboxylic acids is 1. The number of rotatable bonds is 6. The summed E-state index contributed by atoms with van der Waals surface area (Å²) in [7, 11) is 3.07. The van der Waals surface area contributed by atoms with Gasteiger partial charge in [0, 0.05) is 12.2 Å². The van der Waals surface area contributed by atoms with Gasteiger partial charge in [-0.3, -0.25) is 0 Å². The van der Waals surface area contributed by atoms with Gasteiger partial charge < -0.3 is 19.9 Å². The molecule has 22 heavy (non-hydrogen) atoms. The van der Waals surface area contributed by atoms with Crippen LogP contribution >= 0.6 is 11.6 Å². The van der Waals surface area contributed by atoms with Crippen molar-refractivity contribution in [3.8, 4) is 11.5 Å². The third kappa shape index (κ3) is 3.62. The average molecular weight is 322 g/mol. The molecule has 0 fully saturated rings. The van der Waals surface area contributed by atoms with Crippen LogP contribution in [0.2, 0.25) is 5.02 Å². The van der Waals surface area contributed by atoms with Crippen LogP contribution in [0.4, 0.5) is 5.69 Å². The van der Waals surface area contributed by atoms with Gasteiger partial charge in [-0.1, -0.05) is 17.7 Å². The van der Waals surface area contributed by atoms with Crippen molar-refractivity contribution < 1.29 is 19.4 Å². The third-order valence-corrected chi connectivity index (χ3v) is 3.38. The number of ether oxygens (including phenoxy) is 2.